The van der Waals surface area contributed by atoms with E-state index in [1.54, 1.807) is 0 Å². The average Bonchev–Trinajstić information content (AvgIpc) is 3.74. The summed E-state index contributed by atoms with van der Waals surface area (Å²) in [5, 5.41) is 24.4. The Labute approximate surface area is 247 Å². The van der Waals surface area contributed by atoms with Crippen molar-refractivity contribution < 1.29 is 47.0 Å². The maximum absolute atomic E-state index is 14.2. The molecular formula is C30H39F4N3O6. The van der Waals surface area contributed by atoms with Gasteiger partial charge in [-0.3, -0.25) is 14.4 Å². The third kappa shape index (κ3) is 8.04. The van der Waals surface area contributed by atoms with Crippen LogP contribution in [0.1, 0.15) is 80.1 Å². The number of benzene rings is 1. The first-order valence-electron chi connectivity index (χ1n) is 15.0. The lowest BCUT2D eigenvalue weighted by Crippen LogP contribution is -2.55. The molecule has 1 saturated heterocycles. The molecule has 1 aromatic carbocycles. The fourth-order valence-corrected chi connectivity index (χ4v) is 6.85. The normalized spacial score (nSPS) is 22.6. The molecule has 2 saturated carbocycles. The highest BCUT2D eigenvalue weighted by atomic mass is 19.3. The summed E-state index contributed by atoms with van der Waals surface area (Å²) in [6.07, 6.45) is 1.89. The van der Waals surface area contributed by atoms with Gasteiger partial charge in [-0.2, -0.15) is 0 Å². The minimum absolute atomic E-state index is 0.0117. The first-order chi connectivity index (χ1) is 20.5. The summed E-state index contributed by atoms with van der Waals surface area (Å²) in [4.78, 5) is 52.1. The van der Waals surface area contributed by atoms with Crippen LogP contribution in [0.5, 0.6) is 0 Å². The van der Waals surface area contributed by atoms with E-state index in [1.165, 1.54) is 4.90 Å². The third-order valence-corrected chi connectivity index (χ3v) is 9.19. The van der Waals surface area contributed by atoms with Crippen LogP contribution in [0.3, 0.4) is 0 Å². The van der Waals surface area contributed by atoms with Gasteiger partial charge in [0.2, 0.25) is 18.2 Å². The van der Waals surface area contributed by atoms with E-state index in [2.05, 4.69) is 10.6 Å². The van der Waals surface area contributed by atoms with Crippen molar-refractivity contribution >= 4 is 23.7 Å². The molecule has 0 radical (unpaired) electrons. The summed E-state index contributed by atoms with van der Waals surface area (Å²) in [5.74, 6) is -5.98. The van der Waals surface area contributed by atoms with Gasteiger partial charge in [-0.25, -0.2) is 22.4 Å². The molecule has 9 nitrogen and oxygen atoms in total. The second kappa shape index (κ2) is 14.5. The molecule has 3 fully saturated rings. The van der Waals surface area contributed by atoms with Gasteiger partial charge in [0.25, 0.3) is 5.91 Å². The number of amides is 3. The van der Waals surface area contributed by atoms with E-state index >= 15 is 0 Å². The number of aliphatic hydroxyl groups excluding tert-OH is 1. The number of rotatable bonds is 12. The van der Waals surface area contributed by atoms with E-state index in [-0.39, 0.29) is 24.9 Å². The fourth-order valence-electron chi connectivity index (χ4n) is 6.85. The number of nitrogens with zero attached hydrogens (tertiary/aromatic N) is 1. The molecule has 238 valence electrons. The van der Waals surface area contributed by atoms with E-state index in [9.17, 15) is 41.8 Å². The highest BCUT2D eigenvalue weighted by molar-refractivity contribution is 5.93. The Morgan fingerprint density at radius 3 is 2.14 bits per heavy atom. The predicted octanol–water partition coefficient (Wildman–Crippen LogP) is 3.42. The maximum atomic E-state index is 14.2. The van der Waals surface area contributed by atoms with Crippen LogP contribution in [0, 0.1) is 29.4 Å². The number of aromatic carboxylic acids is 1. The minimum Gasteiger partial charge on any atom is -0.478 e. The number of hydrogen-bond donors (Lipinski definition) is 4. The Balaban J connectivity index is 1.43. The first-order valence-corrected chi connectivity index (χ1v) is 15.0. The molecular weight excluding hydrogens is 574 g/mol. The summed E-state index contributed by atoms with van der Waals surface area (Å²) in [6.45, 7) is -0.102. The molecule has 1 aromatic rings. The van der Waals surface area contributed by atoms with Gasteiger partial charge in [-0.05, 0) is 55.6 Å². The van der Waals surface area contributed by atoms with Crippen LogP contribution in [-0.4, -0.2) is 76.5 Å². The molecule has 4 atom stereocenters. The quantitative estimate of drug-likeness (QED) is 0.267. The van der Waals surface area contributed by atoms with Crippen molar-refractivity contribution in [1.29, 1.82) is 0 Å². The zero-order valence-corrected chi connectivity index (χ0v) is 23.9. The fraction of sp³-hybridized carbons (Fsp3) is 0.667. The molecule has 3 amide bonds. The van der Waals surface area contributed by atoms with Crippen molar-refractivity contribution in [3.8, 4) is 0 Å². The van der Waals surface area contributed by atoms with Crippen molar-refractivity contribution in [2.24, 2.45) is 17.8 Å². The highest BCUT2D eigenvalue weighted by Gasteiger charge is 2.46. The van der Waals surface area contributed by atoms with Crippen LogP contribution in [0.25, 0.3) is 0 Å². The number of carbonyl (C=O) groups is 4. The summed E-state index contributed by atoms with van der Waals surface area (Å²) in [6, 6.07) is -1.43. The monoisotopic (exact) mass is 613 g/mol. The zero-order chi connectivity index (χ0) is 31.3. The second-order valence-electron chi connectivity index (χ2n) is 12.0. The summed E-state index contributed by atoms with van der Waals surface area (Å²) >= 11 is 0. The van der Waals surface area contributed by atoms with Gasteiger partial charge in [0, 0.05) is 25.1 Å². The summed E-state index contributed by atoms with van der Waals surface area (Å²) < 4.78 is 55.4. The van der Waals surface area contributed by atoms with Crippen LogP contribution in [0.15, 0.2) is 12.1 Å². The molecule has 4 N–H and O–H groups in total. The smallest absolute Gasteiger partial charge is 0.335 e. The van der Waals surface area contributed by atoms with E-state index in [1.807, 2.05) is 0 Å². The zero-order valence-electron chi connectivity index (χ0n) is 23.9. The number of carbonyl (C=O) groups excluding carboxylic acids is 3. The largest absolute Gasteiger partial charge is 0.478 e. The van der Waals surface area contributed by atoms with Crippen LogP contribution >= 0.6 is 0 Å². The number of aliphatic hydroxyl groups is 1. The van der Waals surface area contributed by atoms with E-state index < -0.39 is 83.9 Å². The Morgan fingerprint density at radius 2 is 1.56 bits per heavy atom. The van der Waals surface area contributed by atoms with Gasteiger partial charge in [0.05, 0.1) is 5.56 Å². The highest BCUT2D eigenvalue weighted by Crippen LogP contribution is 2.39. The molecule has 3 aliphatic rings. The molecule has 0 unspecified atom stereocenters. The van der Waals surface area contributed by atoms with Gasteiger partial charge < -0.3 is 25.7 Å². The van der Waals surface area contributed by atoms with Crippen molar-refractivity contribution in [2.45, 2.75) is 95.2 Å². The lowest BCUT2D eigenvalue weighted by Gasteiger charge is -2.29. The molecule has 0 aromatic heterocycles. The van der Waals surface area contributed by atoms with E-state index in [0.29, 0.717) is 37.3 Å². The van der Waals surface area contributed by atoms with E-state index in [0.717, 1.165) is 38.5 Å². The Hall–Kier alpha value is -3.22. The Kier molecular flexibility index (Phi) is 11.0. The van der Waals surface area contributed by atoms with Gasteiger partial charge in [-0.15, -0.1) is 0 Å². The molecule has 0 spiro atoms. The first kappa shape index (κ1) is 32.7. The van der Waals surface area contributed by atoms with Crippen LogP contribution < -0.4 is 10.6 Å². The van der Waals surface area contributed by atoms with Crippen molar-refractivity contribution in [2.75, 3.05) is 13.1 Å². The standard InChI is InChI=1S/C30H39F4N3O6/c31-21-11-18(30(42)43)12-22(32)20(21)9-10-35-27(39)23(14-25(33)34)36-28(40)24-13-19(16-5-1-2-6-16)15-37(24)29(41)26(38)17-7-3-4-8-17/h11-12,16-17,19,23-26,38H,1-10,13-15H2,(H,35,39)(H,36,40)(H,42,43)/t19-,23+,24-,26-/m1/s1. The van der Waals surface area contributed by atoms with Gasteiger partial charge in [0.15, 0.2) is 0 Å². The van der Waals surface area contributed by atoms with Gasteiger partial charge >= 0.3 is 5.97 Å². The molecule has 13 heteroatoms. The Bertz CT molecular complexity index is 1170. The number of carboxylic acids is 1. The lowest BCUT2D eigenvalue weighted by molar-refractivity contribution is -0.148. The van der Waals surface area contributed by atoms with Gasteiger partial charge in [0.1, 0.15) is 29.8 Å². The number of likely N-dealkylation sites (tertiary alicyclic amines) is 1. The molecule has 43 heavy (non-hydrogen) atoms. The average molecular weight is 614 g/mol. The Morgan fingerprint density at radius 1 is 0.953 bits per heavy atom. The number of alkyl halides is 2. The molecule has 1 heterocycles. The van der Waals surface area contributed by atoms with Crippen molar-refractivity contribution in [3.63, 3.8) is 0 Å². The van der Waals surface area contributed by atoms with E-state index in [4.69, 9.17) is 5.11 Å². The molecule has 2 aliphatic carbocycles. The topological polar surface area (TPSA) is 136 Å². The van der Waals surface area contributed by atoms with Crippen molar-refractivity contribution in [3.05, 3.63) is 34.9 Å². The van der Waals surface area contributed by atoms with Crippen LogP contribution in [0.4, 0.5) is 17.6 Å². The predicted molar refractivity (Wildman–Crippen MR) is 146 cm³/mol. The number of hydrogen-bond acceptors (Lipinski definition) is 5. The van der Waals surface area contributed by atoms with Crippen LogP contribution in [-0.2, 0) is 20.8 Å². The number of nitrogens with one attached hydrogen (secondary N) is 2. The summed E-state index contributed by atoms with van der Waals surface area (Å²) in [5.41, 5.74) is -1.08. The minimum atomic E-state index is -2.97. The van der Waals surface area contributed by atoms with Gasteiger partial charge in [-0.1, -0.05) is 38.5 Å². The third-order valence-electron chi connectivity index (χ3n) is 9.19. The SMILES string of the molecule is O=C(O)c1cc(F)c(CCNC(=O)[C@H](CC(F)F)NC(=O)[C@H]2C[C@@H](C3CCCC3)CN2C(=O)[C@H](O)C2CCCC2)c(F)c1. The maximum Gasteiger partial charge on any atom is 0.335 e. The molecule has 0 bridgehead atoms. The van der Waals surface area contributed by atoms with Crippen LogP contribution in [0.2, 0.25) is 0 Å². The van der Waals surface area contributed by atoms with Crippen molar-refractivity contribution in [1.82, 2.24) is 15.5 Å². The molecule has 1 aliphatic heterocycles. The second-order valence-corrected chi connectivity index (χ2v) is 12.0. The lowest BCUT2D eigenvalue weighted by atomic mass is 9.89. The number of halogens is 4. The molecule has 4 rings (SSSR count). The number of carboxylic acid groups (broad SMARTS) is 1. The summed E-state index contributed by atoms with van der Waals surface area (Å²) in [7, 11) is 0.